The van der Waals surface area contributed by atoms with Crippen molar-refractivity contribution in [3.8, 4) is 0 Å². The van der Waals surface area contributed by atoms with Crippen LogP contribution >= 0.6 is 0 Å². The highest BCUT2D eigenvalue weighted by Gasteiger charge is 2.12. The molecule has 1 unspecified atom stereocenters. The summed E-state index contributed by atoms with van der Waals surface area (Å²) in [4.78, 5) is 10.2. The van der Waals surface area contributed by atoms with Gasteiger partial charge in [-0.3, -0.25) is 4.79 Å². The number of nitrogens with two attached hydrogens (primary N) is 1. The molecule has 3 N–H and O–H groups in total. The van der Waals surface area contributed by atoms with Crippen LogP contribution in [-0.4, -0.2) is 17.6 Å². The van der Waals surface area contributed by atoms with Crippen LogP contribution in [0.25, 0.3) is 0 Å². The van der Waals surface area contributed by atoms with Gasteiger partial charge in [0.05, 0.1) is 5.92 Å². The Morgan fingerprint density at radius 1 is 1.78 bits per heavy atom. The summed E-state index contributed by atoms with van der Waals surface area (Å²) in [5, 5.41) is 8.42. The average Bonchev–Trinajstić information content (AvgIpc) is 1.82. The maximum absolute atomic E-state index is 10.2. The van der Waals surface area contributed by atoms with Crippen LogP contribution in [0.4, 0.5) is 0 Å². The Labute approximate surface area is 54.9 Å². The van der Waals surface area contributed by atoms with Crippen LogP contribution in [0.2, 0.25) is 0 Å². The van der Waals surface area contributed by atoms with Crippen molar-refractivity contribution in [1.82, 2.24) is 0 Å². The Morgan fingerprint density at radius 2 is 2.33 bits per heavy atom. The van der Waals surface area contributed by atoms with Crippen molar-refractivity contribution in [2.45, 2.75) is 19.8 Å². The lowest BCUT2D eigenvalue weighted by Gasteiger charge is -2.05. The Kier molecular flexibility index (Phi) is 4.05. The van der Waals surface area contributed by atoms with Gasteiger partial charge in [0.15, 0.2) is 0 Å². The summed E-state index contributed by atoms with van der Waals surface area (Å²) >= 11 is 0. The number of hydrogen-bond acceptors (Lipinski definition) is 2. The first-order valence-electron chi connectivity index (χ1n) is 3.15. The van der Waals surface area contributed by atoms with Crippen molar-refractivity contribution in [3.63, 3.8) is 0 Å². The SMILES string of the molecule is CCCC(CN)C(=O)O. The summed E-state index contributed by atoms with van der Waals surface area (Å²) in [5.41, 5.74) is 5.18. The number of rotatable bonds is 4. The zero-order chi connectivity index (χ0) is 7.28. The number of carboxylic acid groups (broad SMARTS) is 1. The Hall–Kier alpha value is -0.570. The molecule has 0 aromatic heterocycles. The van der Waals surface area contributed by atoms with E-state index in [2.05, 4.69) is 0 Å². The lowest BCUT2D eigenvalue weighted by atomic mass is 10.1. The maximum Gasteiger partial charge on any atom is 0.307 e. The van der Waals surface area contributed by atoms with Crippen LogP contribution in [0.5, 0.6) is 0 Å². The smallest absolute Gasteiger partial charge is 0.307 e. The molecule has 0 aliphatic carbocycles. The molecule has 0 amide bonds. The molecule has 3 nitrogen and oxygen atoms in total. The third kappa shape index (κ3) is 3.08. The number of carbonyl (C=O) groups is 1. The Morgan fingerprint density at radius 3 is 2.44 bits per heavy atom. The molecule has 0 rings (SSSR count). The summed E-state index contributed by atoms with van der Waals surface area (Å²) in [6, 6.07) is 0. The van der Waals surface area contributed by atoms with Crippen LogP contribution in [0.1, 0.15) is 19.8 Å². The molecule has 0 radical (unpaired) electrons. The largest absolute Gasteiger partial charge is 0.481 e. The second-order valence-electron chi connectivity index (χ2n) is 2.06. The van der Waals surface area contributed by atoms with Gasteiger partial charge in [0.25, 0.3) is 0 Å². The molecule has 0 spiro atoms. The van der Waals surface area contributed by atoms with Gasteiger partial charge in [-0.1, -0.05) is 13.3 Å². The van der Waals surface area contributed by atoms with Crippen LogP contribution in [0.15, 0.2) is 0 Å². The molecule has 9 heavy (non-hydrogen) atoms. The van der Waals surface area contributed by atoms with Crippen molar-refractivity contribution in [3.05, 3.63) is 0 Å². The lowest BCUT2D eigenvalue weighted by molar-refractivity contribution is -0.141. The molecule has 0 aliphatic heterocycles. The third-order valence-electron chi connectivity index (χ3n) is 1.27. The topological polar surface area (TPSA) is 63.3 Å². The summed E-state index contributed by atoms with van der Waals surface area (Å²) in [7, 11) is 0. The van der Waals surface area contributed by atoms with Crippen LogP contribution in [0.3, 0.4) is 0 Å². The van der Waals surface area contributed by atoms with Crippen molar-refractivity contribution in [2.24, 2.45) is 11.7 Å². The van der Waals surface area contributed by atoms with Gasteiger partial charge in [-0.15, -0.1) is 0 Å². The van der Waals surface area contributed by atoms with Crippen molar-refractivity contribution < 1.29 is 9.90 Å². The first kappa shape index (κ1) is 8.43. The Balaban J connectivity index is 3.54. The molecule has 0 aromatic carbocycles. The van der Waals surface area contributed by atoms with Crippen molar-refractivity contribution in [2.75, 3.05) is 6.54 Å². The molecule has 0 bridgehead atoms. The molecular formula is C6H13NO2. The van der Waals surface area contributed by atoms with E-state index < -0.39 is 5.97 Å². The predicted octanol–water partition coefficient (Wildman–Crippen LogP) is 0.446. The summed E-state index contributed by atoms with van der Waals surface area (Å²) in [6.07, 6.45) is 1.57. The fourth-order valence-electron chi connectivity index (χ4n) is 0.691. The van der Waals surface area contributed by atoms with E-state index in [1.54, 1.807) is 0 Å². The number of hydrogen-bond donors (Lipinski definition) is 2. The molecule has 0 aliphatic rings. The van der Waals surface area contributed by atoms with Gasteiger partial charge in [0, 0.05) is 6.54 Å². The van der Waals surface area contributed by atoms with E-state index in [0.29, 0.717) is 6.42 Å². The molecule has 1 atom stereocenters. The fourth-order valence-corrected chi connectivity index (χ4v) is 0.691. The highest BCUT2D eigenvalue weighted by atomic mass is 16.4. The van der Waals surface area contributed by atoms with Gasteiger partial charge in [-0.05, 0) is 6.42 Å². The summed E-state index contributed by atoms with van der Waals surface area (Å²) in [5.74, 6) is -1.12. The van der Waals surface area contributed by atoms with Gasteiger partial charge < -0.3 is 10.8 Å². The minimum atomic E-state index is -0.778. The summed E-state index contributed by atoms with van der Waals surface area (Å²) < 4.78 is 0. The Bertz CT molecular complexity index is 93.1. The second-order valence-corrected chi connectivity index (χ2v) is 2.06. The first-order valence-corrected chi connectivity index (χ1v) is 3.15. The minimum absolute atomic E-state index is 0.253. The van der Waals surface area contributed by atoms with Gasteiger partial charge in [-0.2, -0.15) is 0 Å². The van der Waals surface area contributed by atoms with E-state index in [1.807, 2.05) is 6.92 Å². The lowest BCUT2D eigenvalue weighted by Crippen LogP contribution is -2.22. The van der Waals surface area contributed by atoms with Crippen LogP contribution in [0, 0.1) is 5.92 Å². The van der Waals surface area contributed by atoms with E-state index in [-0.39, 0.29) is 12.5 Å². The molecule has 0 saturated carbocycles. The molecular weight excluding hydrogens is 118 g/mol. The normalized spacial score (nSPS) is 13.1. The highest BCUT2D eigenvalue weighted by Crippen LogP contribution is 2.03. The van der Waals surface area contributed by atoms with E-state index in [9.17, 15) is 4.79 Å². The maximum atomic E-state index is 10.2. The van der Waals surface area contributed by atoms with E-state index in [4.69, 9.17) is 10.8 Å². The number of aliphatic carboxylic acids is 1. The van der Waals surface area contributed by atoms with Gasteiger partial charge >= 0.3 is 5.97 Å². The predicted molar refractivity (Wildman–Crippen MR) is 35.1 cm³/mol. The molecule has 3 heteroatoms. The zero-order valence-corrected chi connectivity index (χ0v) is 5.63. The van der Waals surface area contributed by atoms with Crippen molar-refractivity contribution >= 4 is 5.97 Å². The molecule has 0 heterocycles. The second kappa shape index (κ2) is 4.32. The minimum Gasteiger partial charge on any atom is -0.481 e. The first-order chi connectivity index (χ1) is 4.22. The van der Waals surface area contributed by atoms with E-state index >= 15 is 0 Å². The van der Waals surface area contributed by atoms with Crippen LogP contribution < -0.4 is 5.73 Å². The van der Waals surface area contributed by atoms with Gasteiger partial charge in [-0.25, -0.2) is 0 Å². The molecule has 0 fully saturated rings. The average molecular weight is 131 g/mol. The molecule has 0 saturated heterocycles. The molecule has 0 aromatic rings. The standard InChI is InChI=1S/C6H13NO2/c1-2-3-5(4-7)6(8)9/h5H,2-4,7H2,1H3,(H,8,9). The quantitative estimate of drug-likeness (QED) is 0.582. The fraction of sp³-hybridized carbons (Fsp3) is 0.833. The zero-order valence-electron chi connectivity index (χ0n) is 5.63. The molecule has 54 valence electrons. The number of carboxylic acids is 1. The summed E-state index contributed by atoms with van der Waals surface area (Å²) in [6.45, 7) is 2.20. The van der Waals surface area contributed by atoms with Gasteiger partial charge in [0.2, 0.25) is 0 Å². The highest BCUT2D eigenvalue weighted by molar-refractivity contribution is 5.70. The van der Waals surface area contributed by atoms with E-state index in [1.165, 1.54) is 0 Å². The monoisotopic (exact) mass is 131 g/mol. The van der Waals surface area contributed by atoms with Crippen LogP contribution in [-0.2, 0) is 4.79 Å². The van der Waals surface area contributed by atoms with Gasteiger partial charge in [0.1, 0.15) is 0 Å². The van der Waals surface area contributed by atoms with E-state index in [0.717, 1.165) is 6.42 Å². The van der Waals surface area contributed by atoms with Crippen molar-refractivity contribution in [1.29, 1.82) is 0 Å². The third-order valence-corrected chi connectivity index (χ3v) is 1.27.